The summed E-state index contributed by atoms with van der Waals surface area (Å²) in [6.07, 6.45) is 2.03. The van der Waals surface area contributed by atoms with Crippen LogP contribution in [0, 0.1) is 12.8 Å². The maximum Gasteiger partial charge on any atom is 0.224 e. The number of benzene rings is 2. The molecule has 1 atom stereocenters. The van der Waals surface area contributed by atoms with Crippen molar-refractivity contribution in [1.29, 1.82) is 0 Å². The zero-order valence-electron chi connectivity index (χ0n) is 16.4. The van der Waals surface area contributed by atoms with Gasteiger partial charge in [0.2, 0.25) is 5.91 Å². The van der Waals surface area contributed by atoms with E-state index in [1.807, 2.05) is 30.3 Å². The van der Waals surface area contributed by atoms with Crippen LogP contribution in [0.25, 0.3) is 22.2 Å². The van der Waals surface area contributed by atoms with Gasteiger partial charge in [0.25, 0.3) is 0 Å². The molecule has 2 N–H and O–H groups in total. The van der Waals surface area contributed by atoms with Crippen LogP contribution in [0.4, 0.5) is 0 Å². The summed E-state index contributed by atoms with van der Waals surface area (Å²) in [4.78, 5) is 18.4. The SMILES string of the molecule is Cc1c(-c2ccccc2)[nH]c2c(CNC(=O)C3CCCN(C)C3)cc(Cl)cc12. The second-order valence-corrected chi connectivity index (χ2v) is 8.23. The van der Waals surface area contributed by atoms with Crippen LogP contribution in [0.3, 0.4) is 0 Å². The Labute approximate surface area is 170 Å². The fourth-order valence-electron chi connectivity index (χ4n) is 4.20. The summed E-state index contributed by atoms with van der Waals surface area (Å²) in [7, 11) is 2.08. The van der Waals surface area contributed by atoms with Gasteiger partial charge in [-0.1, -0.05) is 41.9 Å². The van der Waals surface area contributed by atoms with Gasteiger partial charge in [-0.15, -0.1) is 0 Å². The Morgan fingerprint density at radius 2 is 2.07 bits per heavy atom. The van der Waals surface area contributed by atoms with E-state index in [0.717, 1.165) is 53.7 Å². The summed E-state index contributed by atoms with van der Waals surface area (Å²) in [6.45, 7) is 4.49. The molecule has 1 aliphatic rings. The first kappa shape index (κ1) is 19.0. The first-order valence-electron chi connectivity index (χ1n) is 9.85. The van der Waals surface area contributed by atoms with E-state index in [2.05, 4.69) is 41.3 Å². The van der Waals surface area contributed by atoms with Gasteiger partial charge < -0.3 is 15.2 Å². The molecule has 5 heteroatoms. The molecule has 3 aromatic rings. The molecule has 2 heterocycles. The summed E-state index contributed by atoms with van der Waals surface area (Å²) >= 11 is 6.40. The Hall–Kier alpha value is -2.30. The van der Waals surface area contributed by atoms with E-state index in [9.17, 15) is 4.79 Å². The van der Waals surface area contributed by atoms with Crippen LogP contribution < -0.4 is 5.32 Å². The quantitative estimate of drug-likeness (QED) is 0.669. The number of hydrogen-bond acceptors (Lipinski definition) is 2. The third-order valence-electron chi connectivity index (χ3n) is 5.72. The number of rotatable bonds is 4. The van der Waals surface area contributed by atoms with E-state index in [-0.39, 0.29) is 11.8 Å². The van der Waals surface area contributed by atoms with E-state index in [0.29, 0.717) is 11.6 Å². The number of aromatic amines is 1. The van der Waals surface area contributed by atoms with Crippen LogP contribution in [0.15, 0.2) is 42.5 Å². The lowest BCUT2D eigenvalue weighted by Gasteiger charge is -2.28. The van der Waals surface area contributed by atoms with Gasteiger partial charge in [-0.25, -0.2) is 0 Å². The molecule has 4 rings (SSSR count). The van der Waals surface area contributed by atoms with Gasteiger partial charge in [0.15, 0.2) is 0 Å². The third-order valence-corrected chi connectivity index (χ3v) is 5.94. The molecule has 0 bridgehead atoms. The van der Waals surface area contributed by atoms with Crippen LogP contribution in [0.1, 0.15) is 24.0 Å². The summed E-state index contributed by atoms with van der Waals surface area (Å²) in [5.74, 6) is 0.199. The van der Waals surface area contributed by atoms with Gasteiger partial charge in [0.1, 0.15) is 0 Å². The van der Waals surface area contributed by atoms with Gasteiger partial charge in [-0.3, -0.25) is 4.79 Å². The van der Waals surface area contributed by atoms with Crippen molar-refractivity contribution >= 4 is 28.4 Å². The largest absolute Gasteiger partial charge is 0.354 e. The molecule has 1 aromatic heterocycles. The standard InChI is InChI=1S/C23H26ClN3O/c1-15-20-12-19(24)11-18(13-25-23(28)17-9-6-10-27(2)14-17)22(20)26-21(15)16-7-4-3-5-8-16/h3-5,7-8,11-12,17,26H,6,9-10,13-14H2,1-2H3,(H,25,28). The van der Waals surface area contributed by atoms with Crippen molar-refractivity contribution in [2.45, 2.75) is 26.3 Å². The number of likely N-dealkylation sites (tertiary alicyclic amines) is 1. The Morgan fingerprint density at radius 1 is 1.29 bits per heavy atom. The Kier molecular flexibility index (Phi) is 5.42. The first-order valence-corrected chi connectivity index (χ1v) is 10.2. The minimum absolute atomic E-state index is 0.0682. The number of nitrogens with zero attached hydrogens (tertiary/aromatic N) is 1. The lowest BCUT2D eigenvalue weighted by Crippen LogP contribution is -2.41. The monoisotopic (exact) mass is 395 g/mol. The molecule has 1 saturated heterocycles. The maximum absolute atomic E-state index is 12.7. The van der Waals surface area contributed by atoms with Crippen LogP contribution >= 0.6 is 11.6 Å². The molecule has 0 saturated carbocycles. The maximum atomic E-state index is 12.7. The summed E-state index contributed by atoms with van der Waals surface area (Å²) in [5, 5.41) is 4.93. The van der Waals surface area contributed by atoms with Crippen LogP contribution in [-0.4, -0.2) is 35.9 Å². The molecule has 0 aliphatic carbocycles. The lowest BCUT2D eigenvalue weighted by molar-refractivity contribution is -0.126. The van der Waals surface area contributed by atoms with Gasteiger partial charge in [-0.05, 0) is 62.2 Å². The molecule has 2 aromatic carbocycles. The second kappa shape index (κ2) is 7.98. The normalized spacial score (nSPS) is 17.8. The Morgan fingerprint density at radius 3 is 2.82 bits per heavy atom. The number of aryl methyl sites for hydroxylation is 1. The number of nitrogens with one attached hydrogen (secondary N) is 2. The number of carbonyl (C=O) groups is 1. The minimum Gasteiger partial charge on any atom is -0.354 e. The predicted molar refractivity (Wildman–Crippen MR) is 116 cm³/mol. The fraction of sp³-hybridized carbons (Fsp3) is 0.348. The Balaban J connectivity index is 1.61. The van der Waals surface area contributed by atoms with Gasteiger partial charge in [-0.2, -0.15) is 0 Å². The molecule has 1 fully saturated rings. The molecule has 0 radical (unpaired) electrons. The number of hydrogen-bond donors (Lipinski definition) is 2. The van der Waals surface area contributed by atoms with Crippen molar-refractivity contribution in [3.8, 4) is 11.3 Å². The van der Waals surface area contributed by atoms with E-state index in [1.54, 1.807) is 0 Å². The van der Waals surface area contributed by atoms with Gasteiger partial charge >= 0.3 is 0 Å². The van der Waals surface area contributed by atoms with Crippen LogP contribution in [0.5, 0.6) is 0 Å². The first-order chi connectivity index (χ1) is 13.5. The molecule has 0 spiro atoms. The van der Waals surface area contributed by atoms with Crippen LogP contribution in [0.2, 0.25) is 5.02 Å². The van der Waals surface area contributed by atoms with Crippen molar-refractivity contribution in [1.82, 2.24) is 15.2 Å². The van der Waals surface area contributed by atoms with Gasteiger partial charge in [0, 0.05) is 29.2 Å². The highest BCUT2D eigenvalue weighted by molar-refractivity contribution is 6.31. The molecular weight excluding hydrogens is 370 g/mol. The predicted octanol–water partition coefficient (Wildman–Crippen LogP) is 4.75. The summed E-state index contributed by atoms with van der Waals surface area (Å²) in [5.41, 5.74) is 5.48. The highest BCUT2D eigenvalue weighted by atomic mass is 35.5. The minimum atomic E-state index is 0.0682. The number of piperidine rings is 1. The van der Waals surface area contributed by atoms with E-state index in [1.165, 1.54) is 5.56 Å². The zero-order valence-corrected chi connectivity index (χ0v) is 17.1. The molecule has 1 amide bonds. The van der Waals surface area contributed by atoms with E-state index in [4.69, 9.17) is 11.6 Å². The number of carbonyl (C=O) groups excluding carboxylic acids is 1. The average molecular weight is 396 g/mol. The molecule has 1 aliphatic heterocycles. The molecule has 146 valence electrons. The van der Waals surface area contributed by atoms with Crippen molar-refractivity contribution < 1.29 is 4.79 Å². The lowest BCUT2D eigenvalue weighted by atomic mass is 9.97. The molecular formula is C23H26ClN3O. The number of H-pyrrole nitrogens is 1. The van der Waals surface area contributed by atoms with Crippen LogP contribution in [-0.2, 0) is 11.3 Å². The highest BCUT2D eigenvalue weighted by Crippen LogP contribution is 2.33. The molecule has 4 nitrogen and oxygen atoms in total. The summed E-state index contributed by atoms with van der Waals surface area (Å²) < 4.78 is 0. The van der Waals surface area contributed by atoms with Crippen molar-refractivity contribution in [3.05, 3.63) is 58.6 Å². The van der Waals surface area contributed by atoms with Crippen molar-refractivity contribution in [3.63, 3.8) is 0 Å². The summed E-state index contributed by atoms with van der Waals surface area (Å²) in [6, 6.07) is 14.2. The number of amides is 1. The third kappa shape index (κ3) is 3.80. The zero-order chi connectivity index (χ0) is 19.7. The van der Waals surface area contributed by atoms with Crippen molar-refractivity contribution in [2.24, 2.45) is 5.92 Å². The smallest absolute Gasteiger partial charge is 0.224 e. The Bertz CT molecular complexity index is 996. The molecule has 1 unspecified atom stereocenters. The van der Waals surface area contributed by atoms with Gasteiger partial charge in [0.05, 0.1) is 11.4 Å². The fourth-order valence-corrected chi connectivity index (χ4v) is 4.44. The average Bonchev–Trinajstić information content (AvgIpc) is 3.03. The topological polar surface area (TPSA) is 48.1 Å². The second-order valence-electron chi connectivity index (χ2n) is 7.80. The number of halogens is 1. The number of aromatic nitrogens is 1. The van der Waals surface area contributed by atoms with E-state index < -0.39 is 0 Å². The molecule has 28 heavy (non-hydrogen) atoms. The van der Waals surface area contributed by atoms with Crippen molar-refractivity contribution in [2.75, 3.05) is 20.1 Å². The highest BCUT2D eigenvalue weighted by Gasteiger charge is 2.24. The number of fused-ring (bicyclic) bond motifs is 1. The van der Waals surface area contributed by atoms with E-state index >= 15 is 0 Å².